The summed E-state index contributed by atoms with van der Waals surface area (Å²) in [5.74, 6) is 0. The number of likely N-dealkylation sites (tertiary alicyclic amines) is 1. The lowest BCUT2D eigenvalue weighted by atomic mass is 10.0. The Labute approximate surface area is 113 Å². The first-order valence-electron chi connectivity index (χ1n) is 7.24. The van der Waals surface area contributed by atoms with E-state index < -0.39 is 0 Å². The Hall–Kier alpha value is -0.380. The number of hydrogen-bond acceptors (Lipinski definition) is 3. The number of hydrogen-bond donors (Lipinski definition) is 1. The maximum atomic E-state index is 3.70. The van der Waals surface area contributed by atoms with Crippen molar-refractivity contribution in [3.63, 3.8) is 0 Å². The van der Waals surface area contributed by atoms with Crippen LogP contribution in [0.25, 0.3) is 0 Å². The van der Waals surface area contributed by atoms with Gasteiger partial charge in [0.1, 0.15) is 0 Å². The summed E-state index contributed by atoms with van der Waals surface area (Å²) in [4.78, 5) is 4.83. The maximum absolute atomic E-state index is 3.70. The van der Waals surface area contributed by atoms with Gasteiger partial charge in [0.05, 0.1) is 0 Å². The van der Waals surface area contributed by atoms with Crippen LogP contribution in [0.3, 0.4) is 0 Å². The molecule has 1 aliphatic heterocycles. The van der Waals surface area contributed by atoms with Gasteiger partial charge >= 0.3 is 0 Å². The molecule has 1 heterocycles. The van der Waals surface area contributed by atoms with E-state index in [-0.39, 0.29) is 0 Å². The van der Waals surface area contributed by atoms with E-state index in [9.17, 15) is 0 Å². The highest BCUT2D eigenvalue weighted by atomic mass is 15.2. The van der Waals surface area contributed by atoms with Crippen molar-refractivity contribution < 1.29 is 0 Å². The quantitative estimate of drug-likeness (QED) is 0.730. The molecule has 3 nitrogen and oxygen atoms in total. The molecule has 1 saturated heterocycles. The van der Waals surface area contributed by atoms with Gasteiger partial charge in [0.25, 0.3) is 0 Å². The van der Waals surface area contributed by atoms with Gasteiger partial charge in [-0.2, -0.15) is 0 Å². The van der Waals surface area contributed by atoms with Gasteiger partial charge in [-0.3, -0.25) is 4.90 Å². The van der Waals surface area contributed by atoms with Gasteiger partial charge in [0, 0.05) is 25.2 Å². The second-order valence-electron chi connectivity index (χ2n) is 6.08. The monoisotopic (exact) mass is 253 g/mol. The molecule has 1 unspecified atom stereocenters. The molecule has 1 rings (SSSR count). The highest BCUT2D eigenvalue weighted by Crippen LogP contribution is 2.10. The summed E-state index contributed by atoms with van der Waals surface area (Å²) in [5.41, 5.74) is 1.43. The normalized spacial score (nSPS) is 20.1. The predicted molar refractivity (Wildman–Crippen MR) is 80.0 cm³/mol. The lowest BCUT2D eigenvalue weighted by Crippen LogP contribution is -2.46. The average molecular weight is 253 g/mol. The topological polar surface area (TPSA) is 18.5 Å². The van der Waals surface area contributed by atoms with Crippen LogP contribution in [0.1, 0.15) is 33.6 Å². The van der Waals surface area contributed by atoms with E-state index in [1.807, 2.05) is 0 Å². The molecule has 1 aliphatic rings. The Balaban J connectivity index is 2.17. The van der Waals surface area contributed by atoms with Crippen LogP contribution < -0.4 is 5.32 Å². The van der Waals surface area contributed by atoms with Gasteiger partial charge < -0.3 is 10.2 Å². The van der Waals surface area contributed by atoms with Crippen LogP contribution in [0.5, 0.6) is 0 Å². The van der Waals surface area contributed by atoms with Crippen molar-refractivity contribution in [3.05, 3.63) is 11.6 Å². The third-order valence-corrected chi connectivity index (χ3v) is 3.93. The molecule has 3 heteroatoms. The lowest BCUT2D eigenvalue weighted by molar-refractivity contribution is 0.204. The first kappa shape index (κ1) is 15.7. The zero-order valence-corrected chi connectivity index (χ0v) is 12.9. The van der Waals surface area contributed by atoms with Gasteiger partial charge in [-0.15, -0.1) is 0 Å². The molecular formula is C15H31N3. The lowest BCUT2D eigenvalue weighted by Gasteiger charge is -2.33. The van der Waals surface area contributed by atoms with Crippen molar-refractivity contribution in [2.45, 2.75) is 45.7 Å². The largest absolute Gasteiger partial charge is 0.312 e. The fourth-order valence-corrected chi connectivity index (χ4v) is 2.15. The van der Waals surface area contributed by atoms with Gasteiger partial charge in [0.2, 0.25) is 0 Å². The third kappa shape index (κ3) is 5.98. The van der Waals surface area contributed by atoms with Gasteiger partial charge in [-0.25, -0.2) is 0 Å². The minimum atomic E-state index is 0.619. The van der Waals surface area contributed by atoms with Gasteiger partial charge in [-0.1, -0.05) is 11.6 Å². The SMILES string of the molecule is CC(C)=CCN1CCC(NCC(C)N(C)C)CC1. The van der Waals surface area contributed by atoms with E-state index in [4.69, 9.17) is 0 Å². The van der Waals surface area contributed by atoms with E-state index in [2.05, 4.69) is 56.1 Å². The summed E-state index contributed by atoms with van der Waals surface area (Å²) < 4.78 is 0. The second kappa shape index (κ2) is 7.93. The van der Waals surface area contributed by atoms with Crippen molar-refractivity contribution in [2.75, 3.05) is 40.3 Å². The zero-order valence-electron chi connectivity index (χ0n) is 12.9. The Morgan fingerprint density at radius 3 is 2.44 bits per heavy atom. The second-order valence-corrected chi connectivity index (χ2v) is 6.08. The number of nitrogens with zero attached hydrogens (tertiary/aromatic N) is 2. The van der Waals surface area contributed by atoms with E-state index in [0.717, 1.165) is 19.1 Å². The van der Waals surface area contributed by atoms with Crippen molar-refractivity contribution in [1.29, 1.82) is 0 Å². The van der Waals surface area contributed by atoms with Gasteiger partial charge in [-0.05, 0) is 60.8 Å². The first-order valence-corrected chi connectivity index (χ1v) is 7.24. The summed E-state index contributed by atoms with van der Waals surface area (Å²) >= 11 is 0. The van der Waals surface area contributed by atoms with Crippen LogP contribution in [0.15, 0.2) is 11.6 Å². The number of likely N-dealkylation sites (N-methyl/N-ethyl adjacent to an activating group) is 1. The van der Waals surface area contributed by atoms with Crippen LogP contribution in [0, 0.1) is 0 Å². The molecule has 0 aromatic rings. The summed E-state index contributed by atoms with van der Waals surface area (Å²) in [5, 5.41) is 3.70. The Kier molecular flexibility index (Phi) is 6.90. The third-order valence-electron chi connectivity index (χ3n) is 3.93. The summed E-state index contributed by atoms with van der Waals surface area (Å²) in [6.07, 6.45) is 4.91. The molecule has 0 aromatic heterocycles. The molecule has 0 aliphatic carbocycles. The fraction of sp³-hybridized carbons (Fsp3) is 0.867. The Morgan fingerprint density at radius 1 is 1.33 bits per heavy atom. The molecular weight excluding hydrogens is 222 g/mol. The standard InChI is InChI=1S/C15H31N3/c1-13(2)6-9-18-10-7-15(8-11-18)16-12-14(3)17(4)5/h6,14-16H,7-12H2,1-5H3. The summed E-state index contributed by atoms with van der Waals surface area (Å²) in [6, 6.07) is 1.34. The number of piperidine rings is 1. The number of allylic oxidation sites excluding steroid dienone is 1. The molecule has 1 fully saturated rings. The zero-order chi connectivity index (χ0) is 13.5. The predicted octanol–water partition coefficient (Wildman–Crippen LogP) is 1.96. The van der Waals surface area contributed by atoms with Crippen molar-refractivity contribution in [2.24, 2.45) is 0 Å². The molecule has 1 N–H and O–H groups in total. The molecule has 1 atom stereocenters. The van der Waals surface area contributed by atoms with E-state index in [1.165, 1.54) is 31.5 Å². The van der Waals surface area contributed by atoms with Crippen LogP contribution in [0.4, 0.5) is 0 Å². The van der Waals surface area contributed by atoms with Crippen LogP contribution in [-0.2, 0) is 0 Å². The summed E-state index contributed by atoms with van der Waals surface area (Å²) in [6.45, 7) is 11.3. The molecule has 0 radical (unpaired) electrons. The number of nitrogens with one attached hydrogen (secondary N) is 1. The molecule has 0 spiro atoms. The molecule has 106 valence electrons. The van der Waals surface area contributed by atoms with Crippen molar-refractivity contribution in [3.8, 4) is 0 Å². The van der Waals surface area contributed by atoms with E-state index in [1.54, 1.807) is 0 Å². The molecule has 18 heavy (non-hydrogen) atoms. The van der Waals surface area contributed by atoms with Crippen molar-refractivity contribution >= 4 is 0 Å². The smallest absolute Gasteiger partial charge is 0.0186 e. The minimum Gasteiger partial charge on any atom is -0.312 e. The van der Waals surface area contributed by atoms with Crippen LogP contribution in [-0.4, -0.2) is 62.2 Å². The molecule has 0 saturated carbocycles. The first-order chi connectivity index (χ1) is 8.49. The highest BCUT2D eigenvalue weighted by Gasteiger charge is 2.18. The average Bonchev–Trinajstić information content (AvgIpc) is 2.34. The minimum absolute atomic E-state index is 0.619. The Bertz CT molecular complexity index is 248. The molecule has 0 bridgehead atoms. The van der Waals surface area contributed by atoms with E-state index >= 15 is 0 Å². The molecule has 0 amide bonds. The van der Waals surface area contributed by atoms with E-state index in [0.29, 0.717) is 6.04 Å². The maximum Gasteiger partial charge on any atom is 0.0186 e. The number of rotatable bonds is 6. The van der Waals surface area contributed by atoms with Crippen LogP contribution in [0.2, 0.25) is 0 Å². The Morgan fingerprint density at radius 2 is 1.94 bits per heavy atom. The van der Waals surface area contributed by atoms with Crippen LogP contribution >= 0.6 is 0 Å². The van der Waals surface area contributed by atoms with Gasteiger partial charge in [0.15, 0.2) is 0 Å². The summed E-state index contributed by atoms with van der Waals surface area (Å²) in [7, 11) is 4.29. The van der Waals surface area contributed by atoms with Crippen molar-refractivity contribution in [1.82, 2.24) is 15.1 Å². The highest BCUT2D eigenvalue weighted by molar-refractivity contribution is 4.95. The fourth-order valence-electron chi connectivity index (χ4n) is 2.15. The molecule has 0 aromatic carbocycles.